The van der Waals surface area contributed by atoms with Gasteiger partial charge in [0.15, 0.2) is 0 Å². The highest BCUT2D eigenvalue weighted by Gasteiger charge is 2.17. The van der Waals surface area contributed by atoms with Crippen LogP contribution in [0.5, 0.6) is 5.75 Å². The summed E-state index contributed by atoms with van der Waals surface area (Å²) in [4.78, 5) is 14.3. The van der Waals surface area contributed by atoms with Crippen LogP contribution >= 0.6 is 0 Å². The summed E-state index contributed by atoms with van der Waals surface area (Å²) in [6.07, 6.45) is 2.03. The fourth-order valence-corrected chi connectivity index (χ4v) is 2.45. The van der Waals surface area contributed by atoms with Crippen LogP contribution in [0.15, 0.2) is 24.3 Å². The first-order valence-corrected chi connectivity index (χ1v) is 7.52. The largest absolute Gasteiger partial charge is 0.497 e. The van der Waals surface area contributed by atoms with Crippen LogP contribution in [0.1, 0.15) is 26.7 Å². The highest BCUT2D eigenvalue weighted by Crippen LogP contribution is 2.17. The standard InChI is InChI=1S/C16H27N3O2/c1-4-14(5-2)19(10-9-17)12-16(20)18-13-7-6-8-15(11-13)21-3/h6-8,11,14H,4-5,9-10,12,17H2,1-3H3,(H,18,20). The number of carbonyl (C=O) groups excluding carboxylic acids is 1. The summed E-state index contributed by atoms with van der Waals surface area (Å²) in [5, 5.41) is 2.91. The Bertz CT molecular complexity index is 433. The number of hydrogen-bond donors (Lipinski definition) is 2. The fraction of sp³-hybridized carbons (Fsp3) is 0.562. The number of hydrogen-bond acceptors (Lipinski definition) is 4. The molecule has 3 N–H and O–H groups in total. The molecule has 0 atom stereocenters. The van der Waals surface area contributed by atoms with Crippen LogP contribution < -0.4 is 15.8 Å². The predicted octanol–water partition coefficient (Wildman–Crippen LogP) is 2.08. The van der Waals surface area contributed by atoms with Crippen molar-refractivity contribution in [3.05, 3.63) is 24.3 Å². The van der Waals surface area contributed by atoms with Gasteiger partial charge in [0.05, 0.1) is 13.7 Å². The third kappa shape index (κ3) is 5.73. The van der Waals surface area contributed by atoms with Crippen molar-refractivity contribution in [1.29, 1.82) is 0 Å². The summed E-state index contributed by atoms with van der Waals surface area (Å²) in [5.74, 6) is 0.704. The molecule has 5 nitrogen and oxygen atoms in total. The molecular formula is C16H27N3O2. The number of ether oxygens (including phenoxy) is 1. The highest BCUT2D eigenvalue weighted by atomic mass is 16.5. The second kappa shape index (κ2) is 9.37. The predicted molar refractivity (Wildman–Crippen MR) is 86.6 cm³/mol. The molecule has 0 bridgehead atoms. The van der Waals surface area contributed by atoms with Gasteiger partial charge in [-0.3, -0.25) is 9.69 Å². The molecule has 0 aliphatic carbocycles. The Balaban J connectivity index is 2.64. The quantitative estimate of drug-likeness (QED) is 0.731. The van der Waals surface area contributed by atoms with E-state index in [0.29, 0.717) is 19.1 Å². The van der Waals surface area contributed by atoms with Gasteiger partial charge in [-0.05, 0) is 25.0 Å². The number of benzene rings is 1. The minimum Gasteiger partial charge on any atom is -0.497 e. The molecule has 0 heterocycles. The number of methoxy groups -OCH3 is 1. The third-order valence-electron chi connectivity index (χ3n) is 3.58. The Kier molecular flexibility index (Phi) is 7.79. The SMILES string of the molecule is CCC(CC)N(CCN)CC(=O)Nc1cccc(OC)c1. The fourth-order valence-electron chi connectivity index (χ4n) is 2.45. The van der Waals surface area contributed by atoms with Crippen molar-refractivity contribution in [2.24, 2.45) is 5.73 Å². The van der Waals surface area contributed by atoms with Crippen LogP contribution in [0, 0.1) is 0 Å². The van der Waals surface area contributed by atoms with Gasteiger partial charge in [0.25, 0.3) is 0 Å². The first kappa shape index (κ1) is 17.5. The Hall–Kier alpha value is -1.59. The molecular weight excluding hydrogens is 266 g/mol. The maximum absolute atomic E-state index is 12.2. The Morgan fingerprint density at radius 3 is 2.67 bits per heavy atom. The van der Waals surface area contributed by atoms with Crippen LogP contribution in [0.3, 0.4) is 0 Å². The molecule has 1 aromatic rings. The lowest BCUT2D eigenvalue weighted by atomic mass is 10.1. The van der Waals surface area contributed by atoms with Crippen molar-refractivity contribution in [1.82, 2.24) is 4.90 Å². The van der Waals surface area contributed by atoms with E-state index in [9.17, 15) is 4.79 Å². The van der Waals surface area contributed by atoms with Gasteiger partial charge in [0, 0.05) is 30.9 Å². The summed E-state index contributed by atoms with van der Waals surface area (Å²) in [7, 11) is 1.61. The minimum atomic E-state index is -0.0244. The average molecular weight is 293 g/mol. The maximum atomic E-state index is 12.2. The third-order valence-corrected chi connectivity index (χ3v) is 3.58. The molecule has 0 saturated carbocycles. The summed E-state index contributed by atoms with van der Waals surface area (Å²) in [6, 6.07) is 7.75. The molecule has 0 aliphatic rings. The van der Waals surface area contributed by atoms with E-state index in [1.54, 1.807) is 7.11 Å². The summed E-state index contributed by atoms with van der Waals surface area (Å²) in [5.41, 5.74) is 6.40. The average Bonchev–Trinajstić information content (AvgIpc) is 2.48. The van der Waals surface area contributed by atoms with Crippen LogP contribution in [0.4, 0.5) is 5.69 Å². The Labute approximate surface area is 127 Å². The molecule has 5 heteroatoms. The van der Waals surface area contributed by atoms with Gasteiger partial charge in [-0.15, -0.1) is 0 Å². The molecule has 0 radical (unpaired) electrons. The van der Waals surface area contributed by atoms with E-state index in [2.05, 4.69) is 24.1 Å². The van der Waals surface area contributed by atoms with Gasteiger partial charge >= 0.3 is 0 Å². The molecule has 0 fully saturated rings. The van der Waals surface area contributed by atoms with Crippen molar-refractivity contribution in [2.75, 3.05) is 32.1 Å². The number of anilines is 1. The van der Waals surface area contributed by atoms with Crippen molar-refractivity contribution in [3.8, 4) is 5.75 Å². The van der Waals surface area contributed by atoms with Gasteiger partial charge < -0.3 is 15.8 Å². The number of nitrogens with one attached hydrogen (secondary N) is 1. The molecule has 21 heavy (non-hydrogen) atoms. The number of carbonyl (C=O) groups is 1. The van der Waals surface area contributed by atoms with E-state index in [0.717, 1.165) is 30.8 Å². The molecule has 0 unspecified atom stereocenters. The molecule has 1 amide bonds. The maximum Gasteiger partial charge on any atom is 0.238 e. The second-order valence-corrected chi connectivity index (χ2v) is 5.01. The lowest BCUT2D eigenvalue weighted by Crippen LogP contribution is -2.43. The van der Waals surface area contributed by atoms with Crippen LogP contribution in [0.2, 0.25) is 0 Å². The van der Waals surface area contributed by atoms with Crippen LogP contribution in [-0.4, -0.2) is 43.6 Å². The first-order valence-electron chi connectivity index (χ1n) is 7.52. The van der Waals surface area contributed by atoms with Crippen molar-refractivity contribution < 1.29 is 9.53 Å². The van der Waals surface area contributed by atoms with E-state index >= 15 is 0 Å². The van der Waals surface area contributed by atoms with Gasteiger partial charge in [0.1, 0.15) is 5.75 Å². The number of nitrogens with zero attached hydrogens (tertiary/aromatic N) is 1. The topological polar surface area (TPSA) is 67.6 Å². The van der Waals surface area contributed by atoms with Gasteiger partial charge in [-0.1, -0.05) is 19.9 Å². The molecule has 1 rings (SSSR count). The lowest BCUT2D eigenvalue weighted by molar-refractivity contribution is -0.117. The van der Waals surface area contributed by atoms with Gasteiger partial charge in [-0.25, -0.2) is 0 Å². The van der Waals surface area contributed by atoms with E-state index in [4.69, 9.17) is 10.5 Å². The van der Waals surface area contributed by atoms with Crippen molar-refractivity contribution in [2.45, 2.75) is 32.7 Å². The molecule has 0 saturated heterocycles. The second-order valence-electron chi connectivity index (χ2n) is 5.01. The molecule has 1 aromatic carbocycles. The van der Waals surface area contributed by atoms with E-state index in [1.807, 2.05) is 24.3 Å². The van der Waals surface area contributed by atoms with E-state index < -0.39 is 0 Å². The number of nitrogens with two attached hydrogens (primary N) is 1. The van der Waals surface area contributed by atoms with Crippen molar-refractivity contribution in [3.63, 3.8) is 0 Å². The minimum absolute atomic E-state index is 0.0244. The van der Waals surface area contributed by atoms with Gasteiger partial charge in [0.2, 0.25) is 5.91 Å². The zero-order valence-corrected chi connectivity index (χ0v) is 13.3. The van der Waals surface area contributed by atoms with Crippen LogP contribution in [0.25, 0.3) is 0 Å². The Morgan fingerprint density at radius 1 is 1.38 bits per heavy atom. The van der Waals surface area contributed by atoms with E-state index in [-0.39, 0.29) is 5.91 Å². The Morgan fingerprint density at radius 2 is 2.10 bits per heavy atom. The molecule has 0 spiro atoms. The zero-order valence-electron chi connectivity index (χ0n) is 13.3. The molecule has 0 aliphatic heterocycles. The lowest BCUT2D eigenvalue weighted by Gasteiger charge is -2.29. The monoisotopic (exact) mass is 293 g/mol. The summed E-state index contributed by atoms with van der Waals surface area (Å²) < 4.78 is 5.15. The first-order chi connectivity index (χ1) is 10.1. The summed E-state index contributed by atoms with van der Waals surface area (Å²) >= 11 is 0. The number of rotatable bonds is 9. The van der Waals surface area contributed by atoms with Gasteiger partial charge in [-0.2, -0.15) is 0 Å². The van der Waals surface area contributed by atoms with Crippen LogP contribution in [-0.2, 0) is 4.79 Å². The van der Waals surface area contributed by atoms with Crippen molar-refractivity contribution >= 4 is 11.6 Å². The molecule has 0 aromatic heterocycles. The number of amides is 1. The normalized spacial score (nSPS) is 11.0. The molecule has 118 valence electrons. The van der Waals surface area contributed by atoms with E-state index in [1.165, 1.54) is 0 Å². The highest BCUT2D eigenvalue weighted by molar-refractivity contribution is 5.92. The zero-order chi connectivity index (χ0) is 15.7. The summed E-state index contributed by atoms with van der Waals surface area (Å²) in [6.45, 7) is 5.93. The smallest absolute Gasteiger partial charge is 0.238 e.